The van der Waals surface area contributed by atoms with Crippen molar-refractivity contribution in [3.05, 3.63) is 4.91 Å². The molecule has 0 aliphatic rings. The molecule has 0 radical (unpaired) electrons. The second kappa shape index (κ2) is 7.69. The molecule has 0 aromatic carbocycles. The largest absolute Gasteiger partial charge is 0.395 e. The number of aliphatic hydroxyl groups excluding tert-OH is 1. The molecular formula is C7H16N2O5S. The van der Waals surface area contributed by atoms with Crippen LogP contribution < -0.4 is 0 Å². The van der Waals surface area contributed by atoms with E-state index >= 15 is 0 Å². The summed E-state index contributed by atoms with van der Waals surface area (Å²) in [6, 6.07) is 0. The Morgan fingerprint density at radius 2 is 2.00 bits per heavy atom. The van der Waals surface area contributed by atoms with Gasteiger partial charge >= 0.3 is 0 Å². The Kier molecular flexibility index (Phi) is 7.39. The van der Waals surface area contributed by atoms with Gasteiger partial charge < -0.3 is 5.11 Å². The van der Waals surface area contributed by atoms with Crippen molar-refractivity contribution in [3.63, 3.8) is 0 Å². The molecule has 0 fully saturated rings. The molecule has 0 rings (SSSR count). The highest BCUT2D eigenvalue weighted by Gasteiger charge is 2.12. The number of hydrogen-bond donors (Lipinski definition) is 1. The van der Waals surface area contributed by atoms with E-state index in [2.05, 4.69) is 9.36 Å². The minimum absolute atomic E-state index is 0.0764. The molecule has 0 bridgehead atoms. The van der Waals surface area contributed by atoms with E-state index in [1.807, 2.05) is 0 Å². The van der Waals surface area contributed by atoms with Gasteiger partial charge in [-0.2, -0.15) is 13.3 Å². The number of rotatable bonds is 9. The summed E-state index contributed by atoms with van der Waals surface area (Å²) in [6.07, 6.45) is 0. The molecule has 15 heavy (non-hydrogen) atoms. The van der Waals surface area contributed by atoms with E-state index in [1.165, 1.54) is 0 Å². The first-order valence-electron chi connectivity index (χ1n) is 4.46. The van der Waals surface area contributed by atoms with Gasteiger partial charge in [-0.05, 0) is 0 Å². The maximum Gasteiger partial charge on any atom is 0.268 e. The van der Waals surface area contributed by atoms with E-state index in [9.17, 15) is 13.3 Å². The molecule has 90 valence electrons. The molecular weight excluding hydrogens is 224 g/mol. The maximum absolute atomic E-state index is 11.0. The number of nitrogens with zero attached hydrogens (tertiary/aromatic N) is 2. The van der Waals surface area contributed by atoms with Gasteiger partial charge in [-0.1, -0.05) is 5.18 Å². The average Bonchev–Trinajstić information content (AvgIpc) is 2.22. The monoisotopic (exact) mass is 240 g/mol. The van der Waals surface area contributed by atoms with Gasteiger partial charge in [0, 0.05) is 19.6 Å². The van der Waals surface area contributed by atoms with Crippen LogP contribution in [0.25, 0.3) is 0 Å². The highest BCUT2D eigenvalue weighted by molar-refractivity contribution is 7.86. The van der Waals surface area contributed by atoms with Gasteiger partial charge in [0.2, 0.25) is 0 Å². The molecule has 0 aromatic rings. The van der Waals surface area contributed by atoms with Crippen LogP contribution in [-0.4, -0.2) is 64.1 Å². The highest BCUT2D eigenvalue weighted by atomic mass is 32.2. The van der Waals surface area contributed by atoms with Crippen LogP contribution in [0.5, 0.6) is 0 Å². The molecule has 0 saturated carbocycles. The van der Waals surface area contributed by atoms with Crippen molar-refractivity contribution in [2.24, 2.45) is 5.18 Å². The SMILES string of the molecule is COS(=O)(=O)CCN(CCO)CCN=O. The van der Waals surface area contributed by atoms with E-state index in [1.54, 1.807) is 4.90 Å². The second-order valence-corrected chi connectivity index (χ2v) is 4.70. The molecule has 0 amide bonds. The lowest BCUT2D eigenvalue weighted by molar-refractivity contribution is 0.205. The fraction of sp³-hybridized carbons (Fsp3) is 1.00. The fourth-order valence-electron chi connectivity index (χ4n) is 0.983. The topological polar surface area (TPSA) is 96.3 Å². The number of hydrogen-bond acceptors (Lipinski definition) is 7. The third-order valence-electron chi connectivity index (χ3n) is 1.84. The van der Waals surface area contributed by atoms with Crippen LogP contribution in [0.3, 0.4) is 0 Å². The predicted octanol–water partition coefficient (Wildman–Crippen LogP) is -0.977. The van der Waals surface area contributed by atoms with Crippen molar-refractivity contribution >= 4 is 10.1 Å². The van der Waals surface area contributed by atoms with Crippen LogP contribution >= 0.6 is 0 Å². The summed E-state index contributed by atoms with van der Waals surface area (Å²) < 4.78 is 26.2. The fourth-order valence-corrected chi connectivity index (χ4v) is 1.63. The van der Waals surface area contributed by atoms with E-state index in [-0.39, 0.29) is 25.4 Å². The van der Waals surface area contributed by atoms with E-state index in [0.29, 0.717) is 13.1 Å². The maximum atomic E-state index is 11.0. The van der Waals surface area contributed by atoms with Gasteiger partial charge in [0.25, 0.3) is 10.1 Å². The summed E-state index contributed by atoms with van der Waals surface area (Å²) in [5, 5.41) is 11.4. The van der Waals surface area contributed by atoms with E-state index in [4.69, 9.17) is 5.11 Å². The summed E-state index contributed by atoms with van der Waals surface area (Å²) in [5.41, 5.74) is 0. The smallest absolute Gasteiger partial charge is 0.268 e. The first kappa shape index (κ1) is 14.4. The van der Waals surface area contributed by atoms with Gasteiger partial charge in [-0.25, -0.2) is 0 Å². The lowest BCUT2D eigenvalue weighted by atomic mass is 10.4. The van der Waals surface area contributed by atoms with Gasteiger partial charge in [0.15, 0.2) is 0 Å². The Balaban J connectivity index is 3.99. The van der Waals surface area contributed by atoms with Crippen LogP contribution in [0.1, 0.15) is 0 Å². The molecule has 7 nitrogen and oxygen atoms in total. The summed E-state index contributed by atoms with van der Waals surface area (Å²) in [6.45, 7) is 0.850. The quantitative estimate of drug-likeness (QED) is 0.411. The Hall–Kier alpha value is -0.570. The molecule has 0 aromatic heterocycles. The van der Waals surface area contributed by atoms with E-state index < -0.39 is 10.1 Å². The summed E-state index contributed by atoms with van der Waals surface area (Å²) in [7, 11) is -2.39. The zero-order valence-corrected chi connectivity index (χ0v) is 9.44. The Bertz CT molecular complexity index is 267. The molecule has 0 aliphatic carbocycles. The van der Waals surface area contributed by atoms with Crippen molar-refractivity contribution in [3.8, 4) is 0 Å². The van der Waals surface area contributed by atoms with Gasteiger partial charge in [-0.3, -0.25) is 9.08 Å². The Morgan fingerprint density at radius 3 is 2.47 bits per heavy atom. The lowest BCUT2D eigenvalue weighted by Crippen LogP contribution is -2.34. The molecule has 0 atom stereocenters. The first-order chi connectivity index (χ1) is 7.05. The molecule has 0 saturated heterocycles. The number of nitroso groups, excluding NO2 is 1. The van der Waals surface area contributed by atoms with Gasteiger partial charge in [0.05, 0.1) is 26.0 Å². The normalized spacial score (nSPS) is 11.9. The van der Waals surface area contributed by atoms with Crippen molar-refractivity contribution in [1.29, 1.82) is 0 Å². The minimum atomic E-state index is -3.49. The van der Waals surface area contributed by atoms with Gasteiger partial charge in [0.1, 0.15) is 0 Å². The zero-order valence-electron chi connectivity index (χ0n) is 8.63. The third kappa shape index (κ3) is 7.37. The van der Waals surface area contributed by atoms with E-state index in [0.717, 1.165) is 7.11 Å². The summed E-state index contributed by atoms with van der Waals surface area (Å²) in [5.74, 6) is -0.164. The standard InChI is InChI=1S/C7H16N2O5S/c1-14-15(12,13)7-5-9(4-6-10)3-2-8-11/h10H,2-7H2,1H3. The molecule has 0 aliphatic heterocycles. The zero-order chi connectivity index (χ0) is 11.7. The minimum Gasteiger partial charge on any atom is -0.395 e. The molecule has 0 unspecified atom stereocenters. The average molecular weight is 240 g/mol. The number of aliphatic hydroxyl groups is 1. The highest BCUT2D eigenvalue weighted by Crippen LogP contribution is 1.94. The molecule has 0 heterocycles. The van der Waals surface area contributed by atoms with Crippen LogP contribution in [-0.2, 0) is 14.3 Å². The van der Waals surface area contributed by atoms with Crippen LogP contribution in [0, 0.1) is 4.91 Å². The van der Waals surface area contributed by atoms with Gasteiger partial charge in [-0.15, -0.1) is 0 Å². The van der Waals surface area contributed by atoms with Crippen molar-refractivity contribution in [2.75, 3.05) is 45.6 Å². The first-order valence-corrected chi connectivity index (χ1v) is 6.04. The van der Waals surface area contributed by atoms with Crippen LogP contribution in [0.4, 0.5) is 0 Å². The van der Waals surface area contributed by atoms with Crippen LogP contribution in [0.2, 0.25) is 0 Å². The predicted molar refractivity (Wildman–Crippen MR) is 55.0 cm³/mol. The van der Waals surface area contributed by atoms with Crippen LogP contribution in [0.15, 0.2) is 5.18 Å². The lowest BCUT2D eigenvalue weighted by Gasteiger charge is -2.18. The summed E-state index contributed by atoms with van der Waals surface area (Å²) in [4.78, 5) is 11.5. The Labute approximate surface area is 89.1 Å². The van der Waals surface area contributed by atoms with Crippen molar-refractivity contribution < 1.29 is 17.7 Å². The molecule has 0 spiro atoms. The molecule has 1 N–H and O–H groups in total. The third-order valence-corrected chi connectivity index (χ3v) is 3.03. The Morgan fingerprint density at radius 1 is 1.33 bits per heavy atom. The van der Waals surface area contributed by atoms with Crippen molar-refractivity contribution in [1.82, 2.24) is 4.90 Å². The van der Waals surface area contributed by atoms with Crippen molar-refractivity contribution in [2.45, 2.75) is 0 Å². The molecule has 8 heteroatoms. The second-order valence-electron chi connectivity index (χ2n) is 2.85. The summed E-state index contributed by atoms with van der Waals surface area (Å²) >= 11 is 0.